The molecule has 1 rings (SSSR count). The van der Waals surface area contributed by atoms with Gasteiger partial charge in [0.25, 0.3) is 11.4 Å². The van der Waals surface area contributed by atoms with Gasteiger partial charge in [0.05, 0.1) is 168 Å². The zero-order valence-electron chi connectivity index (χ0n) is 32.7. The minimum Gasteiger partial charge on any atom is -0.379 e. The predicted molar refractivity (Wildman–Crippen MR) is 202 cm³/mol. The van der Waals surface area contributed by atoms with Gasteiger partial charge in [-0.05, 0) is 12.5 Å². The summed E-state index contributed by atoms with van der Waals surface area (Å²) in [5.41, 5.74) is -0.526. The molecule has 0 radical (unpaired) electrons. The van der Waals surface area contributed by atoms with E-state index in [1.807, 2.05) is 0 Å². The van der Waals surface area contributed by atoms with Crippen molar-refractivity contribution in [3.8, 4) is 0 Å². The summed E-state index contributed by atoms with van der Waals surface area (Å²) in [5, 5.41) is 24.8. The summed E-state index contributed by atoms with van der Waals surface area (Å²) in [6.45, 7) is 14.1. The lowest BCUT2D eigenvalue weighted by Gasteiger charge is -2.09. The van der Waals surface area contributed by atoms with E-state index in [4.69, 9.17) is 56.8 Å². The molecule has 0 aliphatic heterocycles. The summed E-state index contributed by atoms with van der Waals surface area (Å²) in [5.74, 6) is 0. The number of nitrogens with one attached hydrogen (secondary N) is 1. The first-order valence-electron chi connectivity index (χ1n) is 19.2. The van der Waals surface area contributed by atoms with Crippen LogP contribution in [0.15, 0.2) is 18.2 Å². The summed E-state index contributed by atoms with van der Waals surface area (Å²) in [7, 11) is 0. The second-order valence-electron chi connectivity index (χ2n) is 11.6. The molecule has 0 fully saturated rings. The Balaban J connectivity index is 1.69. The number of anilines is 1. The van der Waals surface area contributed by atoms with Crippen LogP contribution in [-0.4, -0.2) is 175 Å². The molecular formula is C36H65N3O16. The average molecular weight is 796 g/mol. The third-order valence-electron chi connectivity index (χ3n) is 7.19. The van der Waals surface area contributed by atoms with E-state index in [0.717, 1.165) is 19.1 Å². The lowest BCUT2D eigenvalue weighted by molar-refractivity contribution is -0.393. The maximum atomic E-state index is 11.2. The highest BCUT2D eigenvalue weighted by molar-refractivity contribution is 5.65. The Morgan fingerprint density at radius 3 is 1.07 bits per heavy atom. The van der Waals surface area contributed by atoms with E-state index in [-0.39, 0.29) is 30.2 Å². The first kappa shape index (κ1) is 50.4. The van der Waals surface area contributed by atoms with Gasteiger partial charge < -0.3 is 62.2 Å². The van der Waals surface area contributed by atoms with E-state index in [1.54, 1.807) is 0 Å². The maximum Gasteiger partial charge on any atom is 0.299 e. The van der Waals surface area contributed by atoms with Gasteiger partial charge >= 0.3 is 0 Å². The summed E-state index contributed by atoms with van der Waals surface area (Å²) in [6.07, 6.45) is 4.85. The molecule has 0 saturated heterocycles. The normalized spacial score (nSPS) is 11.4. The molecular weight excluding hydrogens is 730 g/mol. The van der Waals surface area contributed by atoms with E-state index < -0.39 is 9.85 Å². The number of hydrogen-bond donors (Lipinski definition) is 1. The van der Waals surface area contributed by atoms with E-state index >= 15 is 0 Å². The Hall–Kier alpha value is -2.66. The van der Waals surface area contributed by atoms with Gasteiger partial charge in [-0.1, -0.05) is 26.2 Å². The number of non-ortho nitro benzene ring substituents is 1. The van der Waals surface area contributed by atoms with E-state index in [0.29, 0.717) is 145 Å². The zero-order chi connectivity index (χ0) is 39.7. The third kappa shape index (κ3) is 33.2. The van der Waals surface area contributed by atoms with Crippen LogP contribution in [0, 0.1) is 20.2 Å². The number of nitrogens with zero attached hydrogens (tertiary/aromatic N) is 2. The highest BCUT2D eigenvalue weighted by Crippen LogP contribution is 2.28. The molecule has 0 amide bonds. The van der Waals surface area contributed by atoms with Crippen molar-refractivity contribution in [2.24, 2.45) is 0 Å². The Labute approximate surface area is 325 Å². The number of hydrogen-bond acceptors (Lipinski definition) is 17. The molecule has 0 aliphatic rings. The standard InChI is InChI=1S/C36H65N3O16/c1-2-3-4-5-9-44-11-13-46-15-17-48-19-21-50-23-25-52-27-29-54-31-32-55-30-28-53-26-24-51-22-20-49-18-16-47-14-12-45-10-8-37-35-7-6-34(38(40)41)33-36(35)39(42)43/h6-7,33,37H,2-5,8-32H2,1H3. The molecule has 0 heterocycles. The van der Waals surface area contributed by atoms with Crippen molar-refractivity contribution in [1.29, 1.82) is 0 Å². The molecule has 1 aromatic carbocycles. The molecule has 0 bridgehead atoms. The Kier molecular flexibility index (Phi) is 36.2. The van der Waals surface area contributed by atoms with Crippen molar-refractivity contribution in [1.82, 2.24) is 0 Å². The molecule has 19 heteroatoms. The van der Waals surface area contributed by atoms with Crippen LogP contribution < -0.4 is 5.32 Å². The smallest absolute Gasteiger partial charge is 0.299 e. The number of nitro groups is 2. The number of benzene rings is 1. The summed E-state index contributed by atoms with van der Waals surface area (Å²) in [6, 6.07) is 3.43. The molecule has 0 aromatic heterocycles. The molecule has 320 valence electrons. The van der Waals surface area contributed by atoms with Gasteiger partial charge in [-0.25, -0.2) is 0 Å². The fourth-order valence-corrected chi connectivity index (χ4v) is 4.34. The second kappa shape index (κ2) is 39.6. The van der Waals surface area contributed by atoms with Gasteiger partial charge in [-0.3, -0.25) is 20.2 Å². The molecule has 1 aromatic rings. The second-order valence-corrected chi connectivity index (χ2v) is 11.6. The molecule has 0 saturated carbocycles. The molecule has 0 atom stereocenters. The summed E-state index contributed by atoms with van der Waals surface area (Å²) < 4.78 is 65.7. The van der Waals surface area contributed by atoms with Crippen LogP contribution in [0.25, 0.3) is 0 Å². The summed E-state index contributed by atoms with van der Waals surface area (Å²) >= 11 is 0. The van der Waals surface area contributed by atoms with Crippen LogP contribution in [-0.2, 0) is 56.8 Å². The van der Waals surface area contributed by atoms with Crippen LogP contribution in [0.5, 0.6) is 0 Å². The topological polar surface area (TPSA) is 209 Å². The Morgan fingerprint density at radius 2 is 0.764 bits per heavy atom. The molecule has 1 N–H and O–H groups in total. The minimum atomic E-state index is -0.680. The maximum absolute atomic E-state index is 11.2. The van der Waals surface area contributed by atoms with Crippen molar-refractivity contribution in [3.05, 3.63) is 38.4 Å². The molecule has 0 unspecified atom stereocenters. The minimum absolute atomic E-state index is 0.185. The monoisotopic (exact) mass is 795 g/mol. The SMILES string of the molecule is CCCCCCOCCOCCOCCOCCOCCOCCOCCOCCOCCOCCOCCOCCNc1ccc([N+](=O)[O-])cc1[N+](=O)[O-]. The third-order valence-corrected chi connectivity index (χ3v) is 7.19. The van der Waals surface area contributed by atoms with Gasteiger partial charge in [0.1, 0.15) is 5.69 Å². The van der Waals surface area contributed by atoms with E-state index in [2.05, 4.69) is 12.2 Å². The number of nitro benzene ring substituents is 2. The Morgan fingerprint density at radius 1 is 0.436 bits per heavy atom. The molecule has 0 aliphatic carbocycles. The number of unbranched alkanes of at least 4 members (excludes halogenated alkanes) is 3. The highest BCUT2D eigenvalue weighted by Gasteiger charge is 2.19. The Bertz CT molecular complexity index is 1030. The quantitative estimate of drug-likeness (QED) is 0.0567. The van der Waals surface area contributed by atoms with E-state index in [9.17, 15) is 20.2 Å². The van der Waals surface area contributed by atoms with Gasteiger partial charge in [0, 0.05) is 19.2 Å². The van der Waals surface area contributed by atoms with E-state index in [1.165, 1.54) is 31.4 Å². The zero-order valence-corrected chi connectivity index (χ0v) is 32.7. The van der Waals surface area contributed by atoms with Crippen molar-refractivity contribution < 1.29 is 66.7 Å². The molecule has 19 nitrogen and oxygen atoms in total. The van der Waals surface area contributed by atoms with Crippen molar-refractivity contribution in [2.75, 3.05) is 170 Å². The van der Waals surface area contributed by atoms with Crippen LogP contribution in [0.3, 0.4) is 0 Å². The molecule has 55 heavy (non-hydrogen) atoms. The van der Waals surface area contributed by atoms with Crippen LogP contribution >= 0.6 is 0 Å². The first-order chi connectivity index (χ1) is 27.1. The van der Waals surface area contributed by atoms with Gasteiger partial charge in [-0.15, -0.1) is 0 Å². The van der Waals surface area contributed by atoms with Crippen molar-refractivity contribution >= 4 is 17.1 Å². The predicted octanol–water partition coefficient (Wildman–Crippen LogP) is 3.69. The van der Waals surface area contributed by atoms with Crippen LogP contribution in [0.2, 0.25) is 0 Å². The van der Waals surface area contributed by atoms with Crippen molar-refractivity contribution in [2.45, 2.75) is 32.6 Å². The first-order valence-corrected chi connectivity index (χ1v) is 19.2. The average Bonchev–Trinajstić information content (AvgIpc) is 3.18. The lowest BCUT2D eigenvalue weighted by atomic mass is 10.2. The van der Waals surface area contributed by atoms with Gasteiger partial charge in [0.2, 0.25) is 0 Å². The van der Waals surface area contributed by atoms with Crippen LogP contribution in [0.1, 0.15) is 32.6 Å². The fourth-order valence-electron chi connectivity index (χ4n) is 4.34. The molecule has 0 spiro atoms. The van der Waals surface area contributed by atoms with Gasteiger partial charge in [-0.2, -0.15) is 0 Å². The highest BCUT2D eigenvalue weighted by atomic mass is 16.6. The summed E-state index contributed by atoms with van der Waals surface area (Å²) in [4.78, 5) is 20.6. The van der Waals surface area contributed by atoms with Crippen LogP contribution in [0.4, 0.5) is 17.1 Å². The fraction of sp³-hybridized carbons (Fsp3) is 0.833. The lowest BCUT2D eigenvalue weighted by Crippen LogP contribution is -2.16. The van der Waals surface area contributed by atoms with Gasteiger partial charge in [0.15, 0.2) is 0 Å². The number of rotatable bonds is 44. The number of ether oxygens (including phenoxy) is 12. The van der Waals surface area contributed by atoms with Crippen molar-refractivity contribution in [3.63, 3.8) is 0 Å². The largest absolute Gasteiger partial charge is 0.379 e.